The van der Waals surface area contributed by atoms with Crippen LogP contribution in [0.2, 0.25) is 0 Å². The van der Waals surface area contributed by atoms with Gasteiger partial charge in [-0.05, 0) is 25.8 Å². The Morgan fingerprint density at radius 1 is 1.26 bits per heavy atom. The Morgan fingerprint density at radius 3 is 2.78 bits per heavy atom. The van der Waals surface area contributed by atoms with E-state index in [1.807, 2.05) is 49.6 Å². The van der Waals surface area contributed by atoms with Crippen molar-refractivity contribution in [2.75, 3.05) is 6.54 Å². The molecular formula is C21H22N4O2. The number of amides is 1. The molecule has 1 aliphatic carbocycles. The molecule has 2 aliphatic rings. The number of carbonyl (C=O) groups excluding carboxylic acids is 1. The van der Waals surface area contributed by atoms with E-state index in [2.05, 4.69) is 14.9 Å². The molecule has 6 nitrogen and oxygen atoms in total. The fourth-order valence-corrected chi connectivity index (χ4v) is 3.73. The predicted octanol–water partition coefficient (Wildman–Crippen LogP) is 3.34. The lowest BCUT2D eigenvalue weighted by molar-refractivity contribution is -0.119. The maximum absolute atomic E-state index is 11.6. The van der Waals surface area contributed by atoms with E-state index in [0.717, 1.165) is 22.3 Å². The number of aromatic nitrogens is 3. The average Bonchev–Trinajstić information content (AvgIpc) is 3.28. The first-order valence-corrected chi connectivity index (χ1v) is 9.55. The maximum Gasteiger partial charge on any atom is 0.241 e. The third-order valence-electron chi connectivity index (χ3n) is 5.50. The van der Waals surface area contributed by atoms with Crippen molar-refractivity contribution in [3.05, 3.63) is 42.7 Å². The Balaban J connectivity index is 1.57. The lowest BCUT2D eigenvalue weighted by atomic mass is 10.0. The molecule has 27 heavy (non-hydrogen) atoms. The molecule has 1 saturated carbocycles. The summed E-state index contributed by atoms with van der Waals surface area (Å²) < 4.78 is 8.53. The smallest absolute Gasteiger partial charge is 0.241 e. The first kappa shape index (κ1) is 16.3. The van der Waals surface area contributed by atoms with Crippen molar-refractivity contribution in [3.8, 4) is 17.1 Å². The molecule has 3 aromatic rings. The second-order valence-electron chi connectivity index (χ2n) is 7.52. The van der Waals surface area contributed by atoms with Gasteiger partial charge < -0.3 is 14.6 Å². The number of pyridine rings is 1. The van der Waals surface area contributed by atoms with E-state index in [1.165, 1.54) is 12.8 Å². The van der Waals surface area contributed by atoms with Crippen LogP contribution in [0.4, 0.5) is 0 Å². The van der Waals surface area contributed by atoms with Crippen molar-refractivity contribution in [1.29, 1.82) is 0 Å². The monoisotopic (exact) mass is 362 g/mol. The van der Waals surface area contributed by atoms with Crippen molar-refractivity contribution >= 4 is 16.9 Å². The lowest BCUT2D eigenvalue weighted by Crippen LogP contribution is -2.26. The molecular weight excluding hydrogens is 340 g/mol. The van der Waals surface area contributed by atoms with Crippen LogP contribution >= 0.6 is 0 Å². The number of imidazole rings is 1. The molecule has 6 heteroatoms. The molecule has 138 valence electrons. The van der Waals surface area contributed by atoms with Gasteiger partial charge in [-0.25, -0.2) is 9.97 Å². The van der Waals surface area contributed by atoms with Crippen LogP contribution in [0, 0.1) is 5.92 Å². The molecule has 1 amide bonds. The number of rotatable bonds is 5. The van der Waals surface area contributed by atoms with Gasteiger partial charge in [-0.2, -0.15) is 0 Å². The number of fused-ring (bicyclic) bond motifs is 1. The molecule has 1 aliphatic heterocycles. The summed E-state index contributed by atoms with van der Waals surface area (Å²) in [5.41, 5.74) is 3.75. The van der Waals surface area contributed by atoms with Crippen molar-refractivity contribution < 1.29 is 9.53 Å². The molecule has 2 aromatic heterocycles. The minimum Gasteiger partial charge on any atom is -0.473 e. The Morgan fingerprint density at radius 2 is 2.07 bits per heavy atom. The zero-order valence-corrected chi connectivity index (χ0v) is 15.3. The third-order valence-corrected chi connectivity index (χ3v) is 5.50. The highest BCUT2D eigenvalue weighted by atomic mass is 16.5. The van der Waals surface area contributed by atoms with Crippen LogP contribution in [0.15, 0.2) is 42.7 Å². The number of ether oxygens (including phenoxy) is 1. The van der Waals surface area contributed by atoms with E-state index in [9.17, 15) is 4.79 Å². The van der Waals surface area contributed by atoms with Gasteiger partial charge in [0.2, 0.25) is 11.8 Å². The van der Waals surface area contributed by atoms with Gasteiger partial charge in [0, 0.05) is 30.5 Å². The van der Waals surface area contributed by atoms with Gasteiger partial charge in [-0.3, -0.25) is 4.79 Å². The average molecular weight is 362 g/mol. The summed E-state index contributed by atoms with van der Waals surface area (Å²) in [6.45, 7) is 2.68. The van der Waals surface area contributed by atoms with Gasteiger partial charge in [0.05, 0.1) is 17.5 Å². The van der Waals surface area contributed by atoms with Gasteiger partial charge >= 0.3 is 0 Å². The predicted molar refractivity (Wildman–Crippen MR) is 102 cm³/mol. The minimum atomic E-state index is -0.103. The van der Waals surface area contributed by atoms with Gasteiger partial charge in [0.1, 0.15) is 11.6 Å². The molecule has 2 fully saturated rings. The van der Waals surface area contributed by atoms with Gasteiger partial charge in [-0.1, -0.05) is 30.3 Å². The topological polar surface area (TPSA) is 69.0 Å². The van der Waals surface area contributed by atoms with E-state index in [1.54, 1.807) is 0 Å². The molecule has 0 unspecified atom stereocenters. The summed E-state index contributed by atoms with van der Waals surface area (Å²) in [7, 11) is 0. The number of nitrogens with zero attached hydrogens (tertiary/aromatic N) is 3. The van der Waals surface area contributed by atoms with Crippen LogP contribution in [0.5, 0.6) is 5.88 Å². The number of carbonyl (C=O) groups is 1. The van der Waals surface area contributed by atoms with E-state index in [0.29, 0.717) is 24.9 Å². The SMILES string of the molecule is C[C@@H](Oc1nc(-c2ccccc2)cc2ncn(C3CC3)c12)[C@H]1CNC(=O)C1. The lowest BCUT2D eigenvalue weighted by Gasteiger charge is -2.20. The van der Waals surface area contributed by atoms with Gasteiger partial charge in [0.15, 0.2) is 0 Å². The van der Waals surface area contributed by atoms with Crippen LogP contribution < -0.4 is 10.1 Å². The van der Waals surface area contributed by atoms with Gasteiger partial charge in [0.25, 0.3) is 0 Å². The first-order chi connectivity index (χ1) is 13.2. The molecule has 0 bridgehead atoms. The number of hydrogen-bond acceptors (Lipinski definition) is 4. The maximum atomic E-state index is 11.6. The first-order valence-electron chi connectivity index (χ1n) is 9.55. The number of hydrogen-bond donors (Lipinski definition) is 1. The molecule has 5 rings (SSSR count). The van der Waals surface area contributed by atoms with Crippen LogP contribution in [0.25, 0.3) is 22.3 Å². The second kappa shape index (κ2) is 6.37. The zero-order valence-electron chi connectivity index (χ0n) is 15.3. The summed E-state index contributed by atoms with van der Waals surface area (Å²) in [6, 6.07) is 12.6. The van der Waals surface area contributed by atoms with Crippen LogP contribution in [0.3, 0.4) is 0 Å². The molecule has 3 heterocycles. The van der Waals surface area contributed by atoms with Crippen LogP contribution in [-0.2, 0) is 4.79 Å². The summed E-state index contributed by atoms with van der Waals surface area (Å²) in [4.78, 5) is 21.1. The van der Waals surface area contributed by atoms with Crippen molar-refractivity contribution in [2.24, 2.45) is 5.92 Å². The molecule has 2 atom stereocenters. The fraction of sp³-hybridized carbons (Fsp3) is 0.381. The third kappa shape index (κ3) is 3.05. The summed E-state index contributed by atoms with van der Waals surface area (Å²) in [6.07, 6.45) is 4.64. The van der Waals surface area contributed by atoms with Crippen molar-refractivity contribution in [2.45, 2.75) is 38.3 Å². The largest absolute Gasteiger partial charge is 0.473 e. The Kier molecular flexibility index (Phi) is 3.85. The fourth-order valence-electron chi connectivity index (χ4n) is 3.73. The van der Waals surface area contributed by atoms with Crippen molar-refractivity contribution in [3.63, 3.8) is 0 Å². The van der Waals surface area contributed by atoms with Crippen LogP contribution in [-0.4, -0.2) is 33.1 Å². The van der Waals surface area contributed by atoms with E-state index < -0.39 is 0 Å². The van der Waals surface area contributed by atoms with E-state index >= 15 is 0 Å². The quantitative estimate of drug-likeness (QED) is 0.756. The van der Waals surface area contributed by atoms with E-state index in [-0.39, 0.29) is 17.9 Å². The Hall–Kier alpha value is -2.89. The summed E-state index contributed by atoms with van der Waals surface area (Å²) in [5, 5.41) is 2.89. The summed E-state index contributed by atoms with van der Waals surface area (Å²) >= 11 is 0. The molecule has 1 aromatic carbocycles. The molecule has 1 N–H and O–H groups in total. The Labute approximate surface area is 157 Å². The molecule has 0 radical (unpaired) electrons. The minimum absolute atomic E-state index is 0.0922. The zero-order chi connectivity index (χ0) is 18.4. The van der Waals surface area contributed by atoms with Crippen LogP contribution in [0.1, 0.15) is 32.2 Å². The van der Waals surface area contributed by atoms with E-state index in [4.69, 9.17) is 9.72 Å². The highest BCUT2D eigenvalue weighted by molar-refractivity contribution is 5.85. The van der Waals surface area contributed by atoms with Crippen molar-refractivity contribution in [1.82, 2.24) is 19.9 Å². The highest BCUT2D eigenvalue weighted by Gasteiger charge is 2.31. The molecule has 0 spiro atoms. The highest BCUT2D eigenvalue weighted by Crippen LogP contribution is 2.40. The number of benzene rings is 1. The van der Waals surface area contributed by atoms with Gasteiger partial charge in [-0.15, -0.1) is 0 Å². The standard InChI is InChI=1S/C21H22N4O2/c1-13(15-9-19(26)22-11-15)27-21-20-18(23-12-25(20)16-7-8-16)10-17(24-21)14-5-3-2-4-6-14/h2-6,10,12-13,15-16H,7-9,11H2,1H3,(H,22,26)/t13-,15-/m1/s1. The summed E-state index contributed by atoms with van der Waals surface area (Å²) in [5.74, 6) is 0.865. The normalized spacial score (nSPS) is 20.6. The number of nitrogens with one attached hydrogen (secondary N) is 1. The Bertz CT molecular complexity index is 994. The molecule has 1 saturated heterocycles. The second-order valence-corrected chi connectivity index (χ2v) is 7.52.